The number of aliphatic hydroxyl groups is 1. The molecule has 1 aromatic carbocycles. The van der Waals surface area contributed by atoms with Crippen LogP contribution in [-0.2, 0) is 4.74 Å². The van der Waals surface area contributed by atoms with Crippen molar-refractivity contribution in [3.8, 4) is 0 Å². The standard InChI is InChI=1S/C14H24N2O2/c1-11(2)18-9-8-16(3)10-14(17)12-4-6-13(15)7-5-12/h4-7,11,14,17H,8-10,15H2,1-3H3. The number of hydrogen-bond donors (Lipinski definition) is 2. The van der Waals surface area contributed by atoms with Gasteiger partial charge in [0.15, 0.2) is 0 Å². The lowest BCUT2D eigenvalue weighted by Gasteiger charge is -2.21. The van der Waals surface area contributed by atoms with E-state index in [4.69, 9.17) is 10.5 Å². The molecule has 0 heterocycles. The summed E-state index contributed by atoms with van der Waals surface area (Å²) in [6, 6.07) is 7.33. The van der Waals surface area contributed by atoms with Crippen LogP contribution in [0.2, 0.25) is 0 Å². The summed E-state index contributed by atoms with van der Waals surface area (Å²) in [7, 11) is 1.98. The van der Waals surface area contributed by atoms with Gasteiger partial charge in [0.25, 0.3) is 0 Å². The third-order valence-electron chi connectivity index (χ3n) is 2.73. The molecule has 0 amide bonds. The minimum atomic E-state index is -0.491. The summed E-state index contributed by atoms with van der Waals surface area (Å²) in [4.78, 5) is 2.06. The van der Waals surface area contributed by atoms with Crippen molar-refractivity contribution < 1.29 is 9.84 Å². The molecule has 1 aromatic rings. The second-order valence-corrected chi connectivity index (χ2v) is 4.86. The Morgan fingerprint density at radius 1 is 1.28 bits per heavy atom. The molecule has 0 aliphatic carbocycles. The fourth-order valence-corrected chi connectivity index (χ4v) is 1.65. The van der Waals surface area contributed by atoms with Crippen LogP contribution in [0.5, 0.6) is 0 Å². The fourth-order valence-electron chi connectivity index (χ4n) is 1.65. The number of likely N-dealkylation sites (N-methyl/N-ethyl adjacent to an activating group) is 1. The van der Waals surface area contributed by atoms with Gasteiger partial charge in [0, 0.05) is 18.8 Å². The molecule has 4 heteroatoms. The minimum Gasteiger partial charge on any atom is -0.399 e. The Kier molecular flexibility index (Phi) is 6.12. The first-order valence-corrected chi connectivity index (χ1v) is 6.32. The molecule has 0 aromatic heterocycles. The van der Waals surface area contributed by atoms with Crippen LogP contribution in [0.25, 0.3) is 0 Å². The Bertz CT molecular complexity index is 338. The van der Waals surface area contributed by atoms with Crippen LogP contribution in [0.4, 0.5) is 5.69 Å². The third-order valence-corrected chi connectivity index (χ3v) is 2.73. The first-order valence-electron chi connectivity index (χ1n) is 6.32. The van der Waals surface area contributed by atoms with Crippen molar-refractivity contribution in [2.24, 2.45) is 0 Å². The molecule has 0 aliphatic rings. The van der Waals surface area contributed by atoms with Crippen molar-refractivity contribution in [1.82, 2.24) is 4.90 Å². The zero-order valence-corrected chi connectivity index (χ0v) is 11.5. The summed E-state index contributed by atoms with van der Waals surface area (Å²) >= 11 is 0. The van der Waals surface area contributed by atoms with Gasteiger partial charge in [0.05, 0.1) is 18.8 Å². The number of rotatable bonds is 7. The van der Waals surface area contributed by atoms with Crippen molar-refractivity contribution in [2.45, 2.75) is 26.1 Å². The molecule has 1 atom stereocenters. The molecule has 0 saturated heterocycles. The summed E-state index contributed by atoms with van der Waals surface area (Å²) in [5, 5.41) is 10.1. The third kappa shape index (κ3) is 5.49. The molecule has 0 bridgehead atoms. The molecular formula is C14H24N2O2. The molecule has 1 rings (SSSR count). The van der Waals surface area contributed by atoms with Crippen LogP contribution in [0.1, 0.15) is 25.5 Å². The topological polar surface area (TPSA) is 58.7 Å². The van der Waals surface area contributed by atoms with Crippen LogP contribution >= 0.6 is 0 Å². The van der Waals surface area contributed by atoms with Gasteiger partial charge >= 0.3 is 0 Å². The van der Waals surface area contributed by atoms with Gasteiger partial charge in [-0.2, -0.15) is 0 Å². The van der Waals surface area contributed by atoms with E-state index in [0.717, 1.165) is 12.1 Å². The molecule has 1 unspecified atom stereocenters. The average molecular weight is 252 g/mol. The highest BCUT2D eigenvalue weighted by molar-refractivity contribution is 5.39. The Balaban J connectivity index is 2.34. The monoisotopic (exact) mass is 252 g/mol. The molecule has 3 N–H and O–H groups in total. The number of hydrogen-bond acceptors (Lipinski definition) is 4. The maximum atomic E-state index is 10.1. The van der Waals surface area contributed by atoms with Crippen LogP contribution in [0.15, 0.2) is 24.3 Å². The predicted octanol–water partition coefficient (Wildman–Crippen LogP) is 1.66. The van der Waals surface area contributed by atoms with Gasteiger partial charge in [-0.25, -0.2) is 0 Å². The van der Waals surface area contributed by atoms with E-state index >= 15 is 0 Å². The molecule has 0 radical (unpaired) electrons. The number of benzene rings is 1. The number of nitrogens with two attached hydrogens (primary N) is 1. The summed E-state index contributed by atoms with van der Waals surface area (Å²) in [6.07, 6.45) is -0.241. The van der Waals surface area contributed by atoms with Crippen LogP contribution in [0, 0.1) is 0 Å². The number of ether oxygens (including phenoxy) is 1. The highest BCUT2D eigenvalue weighted by atomic mass is 16.5. The maximum absolute atomic E-state index is 10.1. The maximum Gasteiger partial charge on any atom is 0.0916 e. The van der Waals surface area contributed by atoms with Crippen LogP contribution in [0.3, 0.4) is 0 Å². The van der Waals surface area contributed by atoms with Gasteiger partial charge in [-0.1, -0.05) is 12.1 Å². The molecule has 102 valence electrons. The summed E-state index contributed by atoms with van der Waals surface area (Å²) in [5.74, 6) is 0. The summed E-state index contributed by atoms with van der Waals surface area (Å²) < 4.78 is 5.48. The first kappa shape index (κ1) is 15.0. The molecule has 4 nitrogen and oxygen atoms in total. The quantitative estimate of drug-likeness (QED) is 0.725. The normalized spacial score (nSPS) is 13.2. The molecular weight excluding hydrogens is 228 g/mol. The second kappa shape index (κ2) is 7.36. The first-order chi connectivity index (χ1) is 8.49. The zero-order chi connectivity index (χ0) is 13.5. The van der Waals surface area contributed by atoms with E-state index in [9.17, 15) is 5.11 Å². The van der Waals surface area contributed by atoms with E-state index in [0.29, 0.717) is 18.8 Å². The van der Waals surface area contributed by atoms with E-state index in [2.05, 4.69) is 4.90 Å². The zero-order valence-electron chi connectivity index (χ0n) is 11.5. The van der Waals surface area contributed by atoms with Gasteiger partial charge < -0.3 is 20.5 Å². The lowest BCUT2D eigenvalue weighted by Crippen LogP contribution is -2.28. The van der Waals surface area contributed by atoms with E-state index in [-0.39, 0.29) is 6.10 Å². The van der Waals surface area contributed by atoms with Gasteiger partial charge in [-0.05, 0) is 38.6 Å². The van der Waals surface area contributed by atoms with Crippen molar-refractivity contribution in [1.29, 1.82) is 0 Å². The van der Waals surface area contributed by atoms with E-state index in [1.165, 1.54) is 0 Å². The SMILES string of the molecule is CC(C)OCCN(C)CC(O)c1ccc(N)cc1. The number of aliphatic hydroxyl groups excluding tert-OH is 1. The van der Waals surface area contributed by atoms with Crippen molar-refractivity contribution >= 4 is 5.69 Å². The largest absolute Gasteiger partial charge is 0.399 e. The fraction of sp³-hybridized carbons (Fsp3) is 0.571. The van der Waals surface area contributed by atoms with Crippen LogP contribution < -0.4 is 5.73 Å². The number of anilines is 1. The van der Waals surface area contributed by atoms with E-state index in [1.54, 1.807) is 12.1 Å². The Labute approximate surface area is 109 Å². The lowest BCUT2D eigenvalue weighted by molar-refractivity contribution is 0.0519. The number of nitrogen functional groups attached to an aromatic ring is 1. The molecule has 18 heavy (non-hydrogen) atoms. The molecule has 0 aliphatic heterocycles. The summed E-state index contributed by atoms with van der Waals surface area (Å²) in [6.45, 7) is 6.12. The van der Waals surface area contributed by atoms with Gasteiger partial charge in [-0.15, -0.1) is 0 Å². The highest BCUT2D eigenvalue weighted by Gasteiger charge is 2.10. The van der Waals surface area contributed by atoms with Crippen molar-refractivity contribution in [3.05, 3.63) is 29.8 Å². The minimum absolute atomic E-state index is 0.250. The van der Waals surface area contributed by atoms with Gasteiger partial charge in [0.2, 0.25) is 0 Å². The highest BCUT2D eigenvalue weighted by Crippen LogP contribution is 2.15. The van der Waals surface area contributed by atoms with Crippen molar-refractivity contribution in [3.63, 3.8) is 0 Å². The Morgan fingerprint density at radius 3 is 2.44 bits per heavy atom. The lowest BCUT2D eigenvalue weighted by atomic mass is 10.1. The Morgan fingerprint density at radius 2 is 1.89 bits per heavy atom. The molecule has 0 spiro atoms. The van der Waals surface area contributed by atoms with Crippen LogP contribution in [-0.4, -0.2) is 42.9 Å². The van der Waals surface area contributed by atoms with E-state index < -0.39 is 6.10 Å². The van der Waals surface area contributed by atoms with Gasteiger partial charge in [-0.3, -0.25) is 0 Å². The average Bonchev–Trinajstić information content (AvgIpc) is 2.29. The van der Waals surface area contributed by atoms with Gasteiger partial charge in [0.1, 0.15) is 0 Å². The Hall–Kier alpha value is -1.10. The molecule has 0 fully saturated rings. The van der Waals surface area contributed by atoms with Crippen molar-refractivity contribution in [2.75, 3.05) is 32.5 Å². The second-order valence-electron chi connectivity index (χ2n) is 4.86. The number of nitrogens with zero attached hydrogens (tertiary/aromatic N) is 1. The smallest absolute Gasteiger partial charge is 0.0916 e. The predicted molar refractivity (Wildman–Crippen MR) is 74.4 cm³/mol. The van der Waals surface area contributed by atoms with E-state index in [1.807, 2.05) is 33.0 Å². The molecule has 0 saturated carbocycles. The summed E-state index contributed by atoms with van der Waals surface area (Å²) in [5.41, 5.74) is 7.22.